The number of fused-ring (bicyclic) bond motifs is 2. The largest absolute Gasteiger partial charge is 0.497 e. The summed E-state index contributed by atoms with van der Waals surface area (Å²) in [5.74, 6) is 0.759. The molecule has 26 heavy (non-hydrogen) atoms. The first-order valence-electron chi connectivity index (χ1n) is 9.49. The maximum absolute atomic E-state index is 12.4. The summed E-state index contributed by atoms with van der Waals surface area (Å²) in [5.41, 5.74) is 6.22. The van der Waals surface area contributed by atoms with E-state index < -0.39 is 6.09 Å². The zero-order valence-electron chi connectivity index (χ0n) is 15.2. The molecule has 1 atom stereocenters. The molecule has 4 heteroatoms. The van der Waals surface area contributed by atoms with Gasteiger partial charge in [-0.3, -0.25) is 5.32 Å². The number of rotatable bonds is 3. The van der Waals surface area contributed by atoms with Crippen molar-refractivity contribution in [3.63, 3.8) is 0 Å². The van der Waals surface area contributed by atoms with Gasteiger partial charge in [0.15, 0.2) is 0 Å². The summed E-state index contributed by atoms with van der Waals surface area (Å²) in [6.45, 7) is 0. The van der Waals surface area contributed by atoms with E-state index in [1.165, 1.54) is 41.5 Å². The fourth-order valence-electron chi connectivity index (χ4n) is 4.08. The van der Waals surface area contributed by atoms with Crippen molar-refractivity contribution in [1.82, 2.24) is 0 Å². The van der Waals surface area contributed by atoms with Crippen LogP contribution in [0, 0.1) is 0 Å². The lowest BCUT2D eigenvalue weighted by Gasteiger charge is -2.28. The Morgan fingerprint density at radius 1 is 0.962 bits per heavy atom. The lowest BCUT2D eigenvalue weighted by molar-refractivity contribution is 0.0998. The van der Waals surface area contributed by atoms with E-state index in [2.05, 4.69) is 17.4 Å². The molecule has 0 bridgehead atoms. The van der Waals surface area contributed by atoms with Gasteiger partial charge in [-0.15, -0.1) is 0 Å². The highest BCUT2D eigenvalue weighted by Crippen LogP contribution is 2.36. The average molecular weight is 351 g/mol. The predicted molar refractivity (Wildman–Crippen MR) is 102 cm³/mol. The van der Waals surface area contributed by atoms with E-state index in [1.54, 1.807) is 7.11 Å². The number of nitrogens with one attached hydrogen (secondary N) is 1. The second-order valence-corrected chi connectivity index (χ2v) is 7.17. The summed E-state index contributed by atoms with van der Waals surface area (Å²) in [6, 6.07) is 11.9. The summed E-state index contributed by atoms with van der Waals surface area (Å²) in [5, 5.41) is 2.82. The van der Waals surface area contributed by atoms with Crippen molar-refractivity contribution in [2.75, 3.05) is 12.4 Å². The van der Waals surface area contributed by atoms with Gasteiger partial charge in [0, 0.05) is 5.69 Å². The Kier molecular flexibility index (Phi) is 4.83. The summed E-state index contributed by atoms with van der Waals surface area (Å²) >= 11 is 0. The van der Waals surface area contributed by atoms with E-state index >= 15 is 0 Å². The molecule has 0 heterocycles. The number of benzene rings is 2. The van der Waals surface area contributed by atoms with Gasteiger partial charge in [0.2, 0.25) is 0 Å². The zero-order chi connectivity index (χ0) is 17.9. The molecule has 0 saturated carbocycles. The minimum Gasteiger partial charge on any atom is -0.497 e. The normalized spacial score (nSPS) is 18.4. The number of anilines is 1. The fraction of sp³-hybridized carbons (Fsp3) is 0.409. The van der Waals surface area contributed by atoms with Crippen LogP contribution in [-0.4, -0.2) is 13.2 Å². The van der Waals surface area contributed by atoms with Crippen LogP contribution in [-0.2, 0) is 24.0 Å². The van der Waals surface area contributed by atoms with Crippen LogP contribution in [0.5, 0.6) is 5.75 Å². The van der Waals surface area contributed by atoms with Gasteiger partial charge in [-0.2, -0.15) is 0 Å². The third kappa shape index (κ3) is 3.55. The summed E-state index contributed by atoms with van der Waals surface area (Å²) in [6.07, 6.45) is 7.37. The van der Waals surface area contributed by atoms with Gasteiger partial charge in [0.1, 0.15) is 11.9 Å². The Bertz CT molecular complexity index is 798. The number of ether oxygens (including phenoxy) is 2. The van der Waals surface area contributed by atoms with Gasteiger partial charge >= 0.3 is 6.09 Å². The molecular formula is C22H25NO3. The van der Waals surface area contributed by atoms with Crippen molar-refractivity contribution in [3.05, 3.63) is 58.7 Å². The molecule has 1 N–H and O–H groups in total. The molecule has 1 amide bonds. The lowest BCUT2D eigenvalue weighted by Crippen LogP contribution is -2.21. The zero-order valence-corrected chi connectivity index (χ0v) is 15.2. The highest BCUT2D eigenvalue weighted by Gasteiger charge is 2.26. The van der Waals surface area contributed by atoms with Gasteiger partial charge in [-0.05, 0) is 91.5 Å². The highest BCUT2D eigenvalue weighted by molar-refractivity contribution is 5.84. The van der Waals surface area contributed by atoms with Crippen LogP contribution in [0.4, 0.5) is 10.5 Å². The number of amides is 1. The summed E-state index contributed by atoms with van der Waals surface area (Å²) < 4.78 is 10.9. The van der Waals surface area contributed by atoms with Gasteiger partial charge in [0.05, 0.1) is 7.11 Å². The van der Waals surface area contributed by atoms with Crippen LogP contribution >= 0.6 is 0 Å². The van der Waals surface area contributed by atoms with E-state index in [0.29, 0.717) is 5.69 Å². The molecule has 0 fully saturated rings. The highest BCUT2D eigenvalue weighted by atomic mass is 16.6. The molecule has 2 aromatic carbocycles. The predicted octanol–water partition coefficient (Wildman–Crippen LogP) is 5.20. The Labute approximate surface area is 154 Å². The molecule has 2 aliphatic carbocycles. The quantitative estimate of drug-likeness (QED) is 0.827. The monoisotopic (exact) mass is 351 g/mol. The smallest absolute Gasteiger partial charge is 0.412 e. The summed E-state index contributed by atoms with van der Waals surface area (Å²) in [7, 11) is 1.62. The van der Waals surface area contributed by atoms with E-state index in [9.17, 15) is 4.79 Å². The first kappa shape index (κ1) is 17.0. The van der Waals surface area contributed by atoms with Crippen molar-refractivity contribution >= 4 is 11.8 Å². The first-order valence-corrected chi connectivity index (χ1v) is 9.49. The molecule has 4 nitrogen and oxygen atoms in total. The van der Waals surface area contributed by atoms with Crippen molar-refractivity contribution in [2.24, 2.45) is 0 Å². The van der Waals surface area contributed by atoms with Gasteiger partial charge in [-0.1, -0.05) is 12.1 Å². The van der Waals surface area contributed by atoms with Gasteiger partial charge in [-0.25, -0.2) is 4.79 Å². The Hall–Kier alpha value is -2.49. The van der Waals surface area contributed by atoms with Gasteiger partial charge in [0.25, 0.3) is 0 Å². The maximum Gasteiger partial charge on any atom is 0.412 e. The van der Waals surface area contributed by atoms with E-state index in [4.69, 9.17) is 9.47 Å². The molecule has 0 aromatic heterocycles. The molecule has 0 spiro atoms. The van der Waals surface area contributed by atoms with E-state index in [-0.39, 0.29) is 6.10 Å². The molecule has 2 aromatic rings. The molecule has 1 unspecified atom stereocenters. The Balaban J connectivity index is 1.47. The van der Waals surface area contributed by atoms with Crippen molar-refractivity contribution in [3.8, 4) is 5.75 Å². The minimum atomic E-state index is -0.397. The molecule has 0 aliphatic heterocycles. The number of hydrogen-bond acceptors (Lipinski definition) is 3. The molecule has 2 aliphatic rings. The van der Waals surface area contributed by atoms with E-state index in [1.807, 2.05) is 24.3 Å². The molecule has 0 radical (unpaired) electrons. The average Bonchev–Trinajstić information content (AvgIpc) is 2.67. The second-order valence-electron chi connectivity index (χ2n) is 7.17. The number of carbonyl (C=O) groups excluding carboxylic acids is 1. The number of methoxy groups -OCH3 is 1. The maximum atomic E-state index is 12.4. The number of carbonyl (C=O) groups is 1. The van der Waals surface area contributed by atoms with Crippen molar-refractivity contribution in [1.29, 1.82) is 0 Å². The Morgan fingerprint density at radius 3 is 2.38 bits per heavy atom. The second kappa shape index (κ2) is 7.40. The number of hydrogen-bond donors (Lipinski definition) is 1. The number of aryl methyl sites for hydroxylation is 3. The fourth-order valence-corrected chi connectivity index (χ4v) is 4.08. The third-order valence-electron chi connectivity index (χ3n) is 5.45. The molecule has 0 saturated heterocycles. The standard InChI is InChI=1S/C22H25NO3/c1-25-19-11-9-18(10-12-19)23-22(24)26-21-8-4-7-17-13-15-5-2-3-6-16(15)14-20(17)21/h9-14,21H,2-8H2,1H3,(H,23,24). The topological polar surface area (TPSA) is 47.6 Å². The van der Waals surface area contributed by atoms with Crippen LogP contribution < -0.4 is 10.1 Å². The molecule has 4 rings (SSSR count). The van der Waals surface area contributed by atoms with Crippen LogP contribution in [0.15, 0.2) is 36.4 Å². The Morgan fingerprint density at radius 2 is 1.65 bits per heavy atom. The van der Waals surface area contributed by atoms with Crippen LogP contribution in [0.3, 0.4) is 0 Å². The van der Waals surface area contributed by atoms with Crippen LogP contribution in [0.1, 0.15) is 54.0 Å². The van der Waals surface area contributed by atoms with Crippen LogP contribution in [0.2, 0.25) is 0 Å². The van der Waals surface area contributed by atoms with Crippen LogP contribution in [0.25, 0.3) is 0 Å². The first-order chi connectivity index (χ1) is 12.7. The molecular weight excluding hydrogens is 326 g/mol. The lowest BCUT2D eigenvalue weighted by atomic mass is 9.82. The van der Waals surface area contributed by atoms with Crippen molar-refractivity contribution < 1.29 is 14.3 Å². The molecule has 136 valence electrons. The summed E-state index contributed by atoms with van der Waals surface area (Å²) in [4.78, 5) is 12.4. The minimum absolute atomic E-state index is 0.149. The van der Waals surface area contributed by atoms with E-state index in [0.717, 1.165) is 31.4 Å². The SMILES string of the molecule is COc1ccc(NC(=O)OC2CCCc3cc4c(cc32)CCCC4)cc1. The van der Waals surface area contributed by atoms with Crippen molar-refractivity contribution in [2.45, 2.75) is 51.0 Å². The third-order valence-corrected chi connectivity index (χ3v) is 5.45. The van der Waals surface area contributed by atoms with Gasteiger partial charge < -0.3 is 9.47 Å².